The Kier molecular flexibility index (Phi) is 4.91. The molecule has 0 amide bonds. The van der Waals surface area contributed by atoms with Gasteiger partial charge in [-0.2, -0.15) is 0 Å². The molecule has 0 saturated heterocycles. The van der Waals surface area contributed by atoms with E-state index in [0.29, 0.717) is 5.75 Å². The second kappa shape index (κ2) is 6.21. The summed E-state index contributed by atoms with van der Waals surface area (Å²) in [7, 11) is 0. The molecule has 1 N–H and O–H groups in total. The zero-order chi connectivity index (χ0) is 12.8. The molecule has 0 saturated carbocycles. The lowest BCUT2D eigenvalue weighted by molar-refractivity contribution is -0.140. The molecule has 0 spiro atoms. The fourth-order valence-electron chi connectivity index (χ4n) is 1.32. The maximum absolute atomic E-state index is 11.7. The van der Waals surface area contributed by atoms with Crippen LogP contribution in [0.2, 0.25) is 0 Å². The first-order valence-corrected chi connectivity index (χ1v) is 5.60. The van der Waals surface area contributed by atoms with Crippen LogP contribution in [0.4, 0.5) is 0 Å². The molecule has 2 atom stereocenters. The number of esters is 1. The maximum Gasteiger partial charge on any atom is 0.317 e. The summed E-state index contributed by atoms with van der Waals surface area (Å²) in [5.41, 5.74) is 0.969. The van der Waals surface area contributed by atoms with Crippen LogP contribution < -0.4 is 4.74 Å². The third kappa shape index (κ3) is 4.41. The van der Waals surface area contributed by atoms with Gasteiger partial charge in [0.05, 0.1) is 12.0 Å². The number of allylic oxidation sites excluding steroid dienone is 1. The third-order valence-electron chi connectivity index (χ3n) is 2.35. The van der Waals surface area contributed by atoms with E-state index in [-0.39, 0.29) is 0 Å². The maximum atomic E-state index is 11.7. The van der Waals surface area contributed by atoms with Crippen LogP contribution in [0, 0.1) is 5.92 Å². The number of carbonyl (C=O) groups excluding carboxylic acids is 1. The van der Waals surface area contributed by atoms with Crippen LogP contribution in [0.1, 0.15) is 20.8 Å². The smallest absolute Gasteiger partial charge is 0.317 e. The Morgan fingerprint density at radius 3 is 2.41 bits per heavy atom. The van der Waals surface area contributed by atoms with Crippen LogP contribution >= 0.6 is 0 Å². The Morgan fingerprint density at radius 1 is 1.29 bits per heavy atom. The molecule has 1 aromatic carbocycles. The molecular formula is C14H18O3. The highest BCUT2D eigenvalue weighted by molar-refractivity contribution is 5.75. The highest BCUT2D eigenvalue weighted by atomic mass is 16.5. The number of para-hydroxylation sites is 1. The number of rotatable bonds is 4. The van der Waals surface area contributed by atoms with Gasteiger partial charge < -0.3 is 9.84 Å². The second-order valence-electron chi connectivity index (χ2n) is 4.26. The van der Waals surface area contributed by atoms with Crippen LogP contribution in [-0.2, 0) is 4.79 Å². The molecule has 0 radical (unpaired) electrons. The fraction of sp³-hybridized carbons (Fsp3) is 0.357. The number of aliphatic hydroxyl groups is 1. The molecule has 0 aliphatic carbocycles. The molecule has 0 unspecified atom stereocenters. The summed E-state index contributed by atoms with van der Waals surface area (Å²) >= 11 is 0. The lowest BCUT2D eigenvalue weighted by Gasteiger charge is -2.15. The largest absolute Gasteiger partial charge is 0.426 e. The molecule has 0 fully saturated rings. The Morgan fingerprint density at radius 2 is 1.88 bits per heavy atom. The van der Waals surface area contributed by atoms with Crippen LogP contribution in [0.15, 0.2) is 42.0 Å². The Bertz CT molecular complexity index is 391. The van der Waals surface area contributed by atoms with Crippen molar-refractivity contribution in [2.45, 2.75) is 26.9 Å². The quantitative estimate of drug-likeness (QED) is 0.495. The molecule has 3 nitrogen and oxygen atoms in total. The number of hydrogen-bond acceptors (Lipinski definition) is 3. The number of benzene rings is 1. The van der Waals surface area contributed by atoms with Gasteiger partial charge in [0.25, 0.3) is 0 Å². The monoisotopic (exact) mass is 234 g/mol. The minimum Gasteiger partial charge on any atom is -0.426 e. The van der Waals surface area contributed by atoms with Gasteiger partial charge in [0.1, 0.15) is 5.75 Å². The van der Waals surface area contributed by atoms with Crippen LogP contribution in [-0.4, -0.2) is 17.2 Å². The average molecular weight is 234 g/mol. The van der Waals surface area contributed by atoms with Gasteiger partial charge in [0.15, 0.2) is 0 Å². The van der Waals surface area contributed by atoms with E-state index >= 15 is 0 Å². The molecule has 0 aliphatic heterocycles. The molecule has 3 heteroatoms. The number of aliphatic hydroxyl groups excluding tert-OH is 1. The van der Waals surface area contributed by atoms with Gasteiger partial charge in [-0.05, 0) is 32.9 Å². The Labute approximate surface area is 102 Å². The van der Waals surface area contributed by atoms with Crippen molar-refractivity contribution in [1.29, 1.82) is 0 Å². The molecular weight excluding hydrogens is 216 g/mol. The van der Waals surface area contributed by atoms with Crippen molar-refractivity contribution < 1.29 is 14.6 Å². The summed E-state index contributed by atoms with van der Waals surface area (Å²) in [6, 6.07) is 8.84. The Balaban J connectivity index is 2.62. The van der Waals surface area contributed by atoms with E-state index in [1.54, 1.807) is 37.3 Å². The van der Waals surface area contributed by atoms with E-state index in [4.69, 9.17) is 4.74 Å². The summed E-state index contributed by atoms with van der Waals surface area (Å²) in [5, 5.41) is 9.76. The number of ether oxygens (including phenoxy) is 1. The van der Waals surface area contributed by atoms with Crippen LogP contribution in [0.5, 0.6) is 5.75 Å². The molecule has 17 heavy (non-hydrogen) atoms. The Hall–Kier alpha value is -1.61. The van der Waals surface area contributed by atoms with Gasteiger partial charge in [-0.15, -0.1) is 0 Å². The minimum atomic E-state index is -0.809. The average Bonchev–Trinajstić information content (AvgIpc) is 2.28. The first-order chi connectivity index (χ1) is 8.00. The van der Waals surface area contributed by atoms with Gasteiger partial charge in [-0.25, -0.2) is 0 Å². The summed E-state index contributed by atoms with van der Waals surface area (Å²) in [6.45, 7) is 5.40. The summed E-state index contributed by atoms with van der Waals surface area (Å²) in [6.07, 6.45) is 0.841. The highest BCUT2D eigenvalue weighted by Crippen LogP contribution is 2.14. The van der Waals surface area contributed by atoms with E-state index < -0.39 is 18.0 Å². The van der Waals surface area contributed by atoms with Crippen molar-refractivity contribution in [3.63, 3.8) is 0 Å². The molecule has 0 bridgehead atoms. The molecule has 92 valence electrons. The zero-order valence-electron chi connectivity index (χ0n) is 10.4. The van der Waals surface area contributed by atoms with Crippen molar-refractivity contribution in [2.75, 3.05) is 0 Å². The first-order valence-electron chi connectivity index (χ1n) is 5.60. The molecule has 1 aromatic rings. The zero-order valence-corrected chi connectivity index (χ0v) is 10.4. The number of carbonyl (C=O) groups is 1. The van der Waals surface area contributed by atoms with E-state index in [1.165, 1.54) is 0 Å². The SMILES string of the molecule is CC(C)=C[C@H](O)[C@@H](C)C(=O)Oc1ccccc1. The summed E-state index contributed by atoms with van der Waals surface area (Å²) < 4.78 is 5.15. The van der Waals surface area contributed by atoms with Crippen molar-refractivity contribution in [2.24, 2.45) is 5.92 Å². The van der Waals surface area contributed by atoms with Crippen molar-refractivity contribution in [3.05, 3.63) is 42.0 Å². The van der Waals surface area contributed by atoms with Crippen molar-refractivity contribution in [1.82, 2.24) is 0 Å². The van der Waals surface area contributed by atoms with E-state index in [9.17, 15) is 9.90 Å². The third-order valence-corrected chi connectivity index (χ3v) is 2.35. The summed E-state index contributed by atoms with van der Waals surface area (Å²) in [5.74, 6) is -0.514. The van der Waals surface area contributed by atoms with E-state index in [0.717, 1.165) is 5.57 Å². The van der Waals surface area contributed by atoms with Crippen molar-refractivity contribution in [3.8, 4) is 5.75 Å². The van der Waals surface area contributed by atoms with Crippen molar-refractivity contribution >= 4 is 5.97 Å². The van der Waals surface area contributed by atoms with Gasteiger partial charge in [-0.1, -0.05) is 29.8 Å². The van der Waals surface area contributed by atoms with Gasteiger partial charge >= 0.3 is 5.97 Å². The lowest BCUT2D eigenvalue weighted by atomic mass is 10.0. The highest BCUT2D eigenvalue weighted by Gasteiger charge is 2.22. The van der Waals surface area contributed by atoms with Crippen LogP contribution in [0.3, 0.4) is 0 Å². The topological polar surface area (TPSA) is 46.5 Å². The molecule has 1 rings (SSSR count). The fourth-order valence-corrected chi connectivity index (χ4v) is 1.32. The standard InChI is InChI=1S/C14H18O3/c1-10(2)9-13(15)11(3)14(16)17-12-7-5-4-6-8-12/h4-9,11,13,15H,1-3H3/t11-,13+/m1/s1. The van der Waals surface area contributed by atoms with Gasteiger partial charge in [-0.3, -0.25) is 4.79 Å². The van der Waals surface area contributed by atoms with Gasteiger partial charge in [0.2, 0.25) is 0 Å². The summed E-state index contributed by atoms with van der Waals surface area (Å²) in [4.78, 5) is 11.7. The lowest BCUT2D eigenvalue weighted by Crippen LogP contribution is -2.28. The van der Waals surface area contributed by atoms with E-state index in [2.05, 4.69) is 0 Å². The molecule has 0 aliphatic rings. The van der Waals surface area contributed by atoms with Crippen LogP contribution in [0.25, 0.3) is 0 Å². The predicted octanol–water partition coefficient (Wildman–Crippen LogP) is 2.56. The normalized spacial score (nSPS) is 13.6. The van der Waals surface area contributed by atoms with E-state index in [1.807, 2.05) is 19.9 Å². The number of hydrogen-bond donors (Lipinski definition) is 1. The van der Waals surface area contributed by atoms with Gasteiger partial charge in [0, 0.05) is 0 Å². The molecule has 0 heterocycles. The minimum absolute atomic E-state index is 0.429. The predicted molar refractivity (Wildman–Crippen MR) is 66.7 cm³/mol. The first kappa shape index (κ1) is 13.5. The molecule has 0 aromatic heterocycles. The second-order valence-corrected chi connectivity index (χ2v) is 4.26.